The average molecular weight is 440 g/mol. The van der Waals surface area contributed by atoms with E-state index in [0.717, 1.165) is 38.6 Å². The van der Waals surface area contributed by atoms with Gasteiger partial charge in [0.25, 0.3) is 0 Å². The number of ether oxygens (including phenoxy) is 1. The van der Waals surface area contributed by atoms with Gasteiger partial charge in [0.05, 0.1) is 24.7 Å². The van der Waals surface area contributed by atoms with Gasteiger partial charge in [-0.1, -0.05) is 33.1 Å². The molecule has 170 valence electrons. The molecule has 1 N–H and O–H groups in total. The van der Waals surface area contributed by atoms with E-state index in [2.05, 4.69) is 31.0 Å². The largest absolute Gasteiger partial charge is 0.379 e. The van der Waals surface area contributed by atoms with Crippen molar-refractivity contribution in [3.63, 3.8) is 0 Å². The van der Waals surface area contributed by atoms with Crippen LogP contribution in [0.15, 0.2) is 29.2 Å². The fourth-order valence-electron chi connectivity index (χ4n) is 3.65. The van der Waals surface area contributed by atoms with Crippen molar-refractivity contribution in [2.75, 3.05) is 44.7 Å². The van der Waals surface area contributed by atoms with Gasteiger partial charge in [0.15, 0.2) is 0 Å². The normalized spacial score (nSPS) is 16.5. The van der Waals surface area contributed by atoms with E-state index in [1.165, 1.54) is 4.31 Å². The second-order valence-electron chi connectivity index (χ2n) is 7.90. The van der Waals surface area contributed by atoms with Gasteiger partial charge in [0, 0.05) is 24.8 Å². The maximum atomic E-state index is 12.7. The lowest BCUT2D eigenvalue weighted by Gasteiger charge is -2.28. The molecule has 1 unspecified atom stereocenters. The van der Waals surface area contributed by atoms with E-state index < -0.39 is 10.0 Å². The van der Waals surface area contributed by atoms with Crippen molar-refractivity contribution in [3.05, 3.63) is 24.3 Å². The molecular weight excluding hydrogens is 402 g/mol. The van der Waals surface area contributed by atoms with Gasteiger partial charge in [0.2, 0.25) is 15.9 Å². The van der Waals surface area contributed by atoms with E-state index >= 15 is 0 Å². The van der Waals surface area contributed by atoms with Crippen molar-refractivity contribution >= 4 is 21.6 Å². The van der Waals surface area contributed by atoms with Crippen molar-refractivity contribution in [1.29, 1.82) is 0 Å². The van der Waals surface area contributed by atoms with Gasteiger partial charge < -0.3 is 10.1 Å². The molecule has 0 radical (unpaired) electrons. The lowest BCUT2D eigenvalue weighted by molar-refractivity contribution is -0.117. The summed E-state index contributed by atoms with van der Waals surface area (Å²) in [6.07, 6.45) is 5.56. The molecule has 0 bridgehead atoms. The Morgan fingerprint density at radius 2 is 1.80 bits per heavy atom. The zero-order chi connectivity index (χ0) is 22.0. The third-order valence-electron chi connectivity index (χ3n) is 5.47. The molecule has 0 aromatic heterocycles. The molecule has 1 heterocycles. The summed E-state index contributed by atoms with van der Waals surface area (Å²) in [5, 5.41) is 2.91. The second kappa shape index (κ2) is 12.4. The van der Waals surface area contributed by atoms with Crippen molar-refractivity contribution in [1.82, 2.24) is 9.21 Å². The third-order valence-corrected chi connectivity index (χ3v) is 7.38. The molecule has 1 aromatic rings. The van der Waals surface area contributed by atoms with E-state index in [0.29, 0.717) is 44.6 Å². The summed E-state index contributed by atoms with van der Waals surface area (Å²) in [6.45, 7) is 9.33. The van der Waals surface area contributed by atoms with Gasteiger partial charge in [-0.3, -0.25) is 9.69 Å². The van der Waals surface area contributed by atoms with E-state index in [4.69, 9.17) is 4.74 Å². The summed E-state index contributed by atoms with van der Waals surface area (Å²) in [6, 6.07) is 6.78. The number of amides is 1. The molecular formula is C22H37N3O4S. The van der Waals surface area contributed by atoms with E-state index in [9.17, 15) is 13.2 Å². The number of nitrogens with one attached hydrogen (secondary N) is 1. The number of hydrogen-bond acceptors (Lipinski definition) is 5. The van der Waals surface area contributed by atoms with Crippen LogP contribution in [0.2, 0.25) is 0 Å². The Morgan fingerprint density at radius 1 is 1.13 bits per heavy atom. The number of carbonyl (C=O) groups excluding carboxylic acids is 1. The Hall–Kier alpha value is -1.48. The molecule has 1 aliphatic rings. The molecule has 1 amide bonds. The van der Waals surface area contributed by atoms with Gasteiger partial charge in [-0.15, -0.1) is 0 Å². The minimum atomic E-state index is -3.52. The number of unbranched alkanes of at least 4 members (excludes halogenated alkanes) is 2. The fourth-order valence-corrected chi connectivity index (χ4v) is 5.06. The standard InChI is InChI=1S/C22H37N3O4S/c1-4-6-7-13-24(19(3)8-5-2)18-22(26)23-20-9-11-21(12-10-20)30(27,28)25-14-16-29-17-15-25/h9-12,19H,4-8,13-18H2,1-3H3,(H,23,26). The summed E-state index contributed by atoms with van der Waals surface area (Å²) in [7, 11) is -3.52. The topological polar surface area (TPSA) is 79.0 Å². The number of carbonyl (C=O) groups is 1. The molecule has 1 atom stereocenters. The fraction of sp³-hybridized carbons (Fsp3) is 0.682. The number of sulfonamides is 1. The Balaban J connectivity index is 1.96. The molecule has 2 rings (SSSR count). The molecule has 8 heteroatoms. The molecule has 1 aliphatic heterocycles. The number of benzene rings is 1. The molecule has 0 spiro atoms. The van der Waals surface area contributed by atoms with Crippen LogP contribution < -0.4 is 5.32 Å². The van der Waals surface area contributed by atoms with E-state index in [1.807, 2.05) is 0 Å². The van der Waals surface area contributed by atoms with Gasteiger partial charge in [-0.25, -0.2) is 8.42 Å². The monoisotopic (exact) mass is 439 g/mol. The van der Waals surface area contributed by atoms with Gasteiger partial charge in [-0.05, 0) is 50.6 Å². The molecule has 7 nitrogen and oxygen atoms in total. The van der Waals surface area contributed by atoms with Crippen LogP contribution in [-0.4, -0.2) is 69.0 Å². The minimum Gasteiger partial charge on any atom is -0.379 e. The predicted molar refractivity (Wildman–Crippen MR) is 120 cm³/mol. The Bertz CT molecular complexity index is 746. The first-order valence-electron chi connectivity index (χ1n) is 11.1. The Labute approximate surface area is 181 Å². The number of rotatable bonds is 12. The maximum Gasteiger partial charge on any atom is 0.243 e. The lowest BCUT2D eigenvalue weighted by atomic mass is 10.1. The number of morpholine rings is 1. The maximum absolute atomic E-state index is 12.7. The number of anilines is 1. The summed E-state index contributed by atoms with van der Waals surface area (Å²) < 4.78 is 32.1. The quantitative estimate of drug-likeness (QED) is 0.506. The summed E-state index contributed by atoms with van der Waals surface area (Å²) in [5.41, 5.74) is 0.609. The van der Waals surface area contributed by atoms with Crippen LogP contribution in [0.5, 0.6) is 0 Å². The zero-order valence-corrected chi connectivity index (χ0v) is 19.4. The highest BCUT2D eigenvalue weighted by atomic mass is 32.2. The molecule has 30 heavy (non-hydrogen) atoms. The smallest absolute Gasteiger partial charge is 0.243 e. The summed E-state index contributed by atoms with van der Waals surface area (Å²) >= 11 is 0. The molecule has 1 saturated heterocycles. The summed E-state index contributed by atoms with van der Waals surface area (Å²) in [4.78, 5) is 15.1. The van der Waals surface area contributed by atoms with Crippen LogP contribution in [0.4, 0.5) is 5.69 Å². The van der Waals surface area contributed by atoms with Crippen LogP contribution in [0.3, 0.4) is 0 Å². The molecule has 1 fully saturated rings. The molecule has 1 aromatic carbocycles. The molecule has 0 aliphatic carbocycles. The van der Waals surface area contributed by atoms with Gasteiger partial charge in [-0.2, -0.15) is 4.31 Å². The lowest BCUT2D eigenvalue weighted by Crippen LogP contribution is -2.40. The van der Waals surface area contributed by atoms with Crippen molar-refractivity contribution in [2.45, 2.75) is 63.8 Å². The van der Waals surface area contributed by atoms with Gasteiger partial charge >= 0.3 is 0 Å². The first-order valence-corrected chi connectivity index (χ1v) is 12.5. The first kappa shape index (κ1) is 24.8. The van der Waals surface area contributed by atoms with E-state index in [1.54, 1.807) is 24.3 Å². The SMILES string of the molecule is CCCCCN(CC(=O)Nc1ccc(S(=O)(=O)N2CCOCC2)cc1)C(C)CCC. The van der Waals surface area contributed by atoms with Crippen LogP contribution in [-0.2, 0) is 19.6 Å². The number of nitrogens with zero attached hydrogens (tertiary/aromatic N) is 2. The average Bonchev–Trinajstić information content (AvgIpc) is 2.74. The Morgan fingerprint density at radius 3 is 2.40 bits per heavy atom. The van der Waals surface area contributed by atoms with Gasteiger partial charge in [0.1, 0.15) is 0 Å². The highest BCUT2D eigenvalue weighted by Crippen LogP contribution is 2.19. The Kier molecular flexibility index (Phi) is 10.2. The van der Waals surface area contributed by atoms with Crippen LogP contribution in [0.25, 0.3) is 0 Å². The summed E-state index contributed by atoms with van der Waals surface area (Å²) in [5.74, 6) is -0.0711. The zero-order valence-electron chi connectivity index (χ0n) is 18.6. The first-order chi connectivity index (χ1) is 14.4. The van der Waals surface area contributed by atoms with Crippen molar-refractivity contribution in [2.24, 2.45) is 0 Å². The second-order valence-corrected chi connectivity index (χ2v) is 9.84. The molecule has 0 saturated carbocycles. The highest BCUT2D eigenvalue weighted by molar-refractivity contribution is 7.89. The number of hydrogen-bond donors (Lipinski definition) is 1. The predicted octanol–water partition coefficient (Wildman–Crippen LogP) is 3.33. The minimum absolute atomic E-state index is 0.0711. The third kappa shape index (κ3) is 7.34. The van der Waals surface area contributed by atoms with Crippen molar-refractivity contribution < 1.29 is 17.9 Å². The van der Waals surface area contributed by atoms with Crippen molar-refractivity contribution in [3.8, 4) is 0 Å². The van der Waals surface area contributed by atoms with Crippen LogP contribution in [0.1, 0.15) is 52.9 Å². The highest BCUT2D eigenvalue weighted by Gasteiger charge is 2.26. The van der Waals surface area contributed by atoms with E-state index in [-0.39, 0.29) is 10.8 Å². The van der Waals surface area contributed by atoms with Crippen LogP contribution in [0, 0.1) is 0 Å². The van der Waals surface area contributed by atoms with Crippen LogP contribution >= 0.6 is 0 Å².